The average molecular weight is 403 g/mol. The molecule has 0 spiro atoms. The van der Waals surface area contributed by atoms with Crippen LogP contribution in [-0.2, 0) is 23.1 Å². The number of thioether (sulfide) groups is 1. The first kappa shape index (κ1) is 19.5. The SMILES string of the molecule is Cc1nc(NC(=O)CSc2nnc(CCC(N)=O)n2C)c(Cl)cc1Cl. The van der Waals surface area contributed by atoms with E-state index >= 15 is 0 Å². The molecule has 0 aromatic carbocycles. The van der Waals surface area contributed by atoms with E-state index in [4.69, 9.17) is 28.9 Å². The molecule has 0 aliphatic heterocycles. The Balaban J connectivity index is 1.94. The number of amides is 2. The van der Waals surface area contributed by atoms with Crippen LogP contribution >= 0.6 is 35.0 Å². The molecule has 0 aliphatic rings. The Labute approximate surface area is 158 Å². The smallest absolute Gasteiger partial charge is 0.236 e. The molecule has 2 aromatic heterocycles. The number of rotatable bonds is 7. The maximum Gasteiger partial charge on any atom is 0.236 e. The van der Waals surface area contributed by atoms with Crippen molar-refractivity contribution in [2.24, 2.45) is 12.8 Å². The minimum atomic E-state index is -0.404. The number of hydrogen-bond donors (Lipinski definition) is 2. The summed E-state index contributed by atoms with van der Waals surface area (Å²) in [5.74, 6) is 0.289. The van der Waals surface area contributed by atoms with E-state index in [1.807, 2.05) is 0 Å². The summed E-state index contributed by atoms with van der Waals surface area (Å²) in [4.78, 5) is 27.1. The van der Waals surface area contributed by atoms with Gasteiger partial charge >= 0.3 is 0 Å². The van der Waals surface area contributed by atoms with Crippen molar-refractivity contribution in [2.45, 2.75) is 24.9 Å². The Morgan fingerprint density at radius 1 is 1.32 bits per heavy atom. The third-order valence-corrected chi connectivity index (χ3v) is 4.91. The van der Waals surface area contributed by atoms with Gasteiger partial charge in [-0.1, -0.05) is 35.0 Å². The maximum atomic E-state index is 12.1. The molecule has 2 amide bonds. The Morgan fingerprint density at radius 3 is 2.72 bits per heavy atom. The van der Waals surface area contributed by atoms with E-state index in [1.54, 1.807) is 18.5 Å². The number of nitrogens with two attached hydrogens (primary N) is 1. The van der Waals surface area contributed by atoms with Gasteiger partial charge in [-0.05, 0) is 13.0 Å². The van der Waals surface area contributed by atoms with Gasteiger partial charge in [0.25, 0.3) is 0 Å². The molecule has 0 bridgehead atoms. The van der Waals surface area contributed by atoms with Gasteiger partial charge < -0.3 is 15.6 Å². The molecule has 134 valence electrons. The number of nitrogens with zero attached hydrogens (tertiary/aromatic N) is 4. The number of halogens is 2. The van der Waals surface area contributed by atoms with Crippen LogP contribution in [0.1, 0.15) is 17.9 Å². The highest BCUT2D eigenvalue weighted by atomic mass is 35.5. The zero-order valence-corrected chi connectivity index (χ0v) is 15.9. The van der Waals surface area contributed by atoms with Crippen molar-refractivity contribution in [3.05, 3.63) is 27.6 Å². The molecule has 2 aromatic rings. The molecule has 25 heavy (non-hydrogen) atoms. The molecule has 2 rings (SSSR count). The van der Waals surface area contributed by atoms with E-state index in [0.717, 1.165) is 0 Å². The molecule has 3 N–H and O–H groups in total. The number of aromatic nitrogens is 4. The topological polar surface area (TPSA) is 116 Å². The van der Waals surface area contributed by atoms with Crippen molar-refractivity contribution in [3.8, 4) is 0 Å². The van der Waals surface area contributed by atoms with Crippen LogP contribution in [0.15, 0.2) is 11.2 Å². The first-order valence-electron chi connectivity index (χ1n) is 7.19. The van der Waals surface area contributed by atoms with Crippen molar-refractivity contribution in [2.75, 3.05) is 11.1 Å². The standard InChI is InChI=1S/C14H16Cl2N6O2S/c1-7-8(15)5-9(16)13(18-7)19-12(24)6-25-14-21-20-11(22(14)2)4-3-10(17)23/h5H,3-4,6H2,1-2H3,(H2,17,23)(H,18,19,24). The molecule has 0 radical (unpaired) electrons. The van der Waals surface area contributed by atoms with Gasteiger partial charge in [-0.15, -0.1) is 10.2 Å². The predicted molar refractivity (Wildman–Crippen MR) is 96.9 cm³/mol. The number of hydrogen-bond acceptors (Lipinski definition) is 6. The summed E-state index contributed by atoms with van der Waals surface area (Å²) < 4.78 is 1.72. The summed E-state index contributed by atoms with van der Waals surface area (Å²) in [5.41, 5.74) is 5.69. The van der Waals surface area contributed by atoms with E-state index in [-0.39, 0.29) is 28.9 Å². The lowest BCUT2D eigenvalue weighted by molar-refractivity contribution is -0.118. The van der Waals surface area contributed by atoms with E-state index in [9.17, 15) is 9.59 Å². The molecule has 2 heterocycles. The summed E-state index contributed by atoms with van der Waals surface area (Å²) in [7, 11) is 1.76. The third-order valence-electron chi connectivity index (χ3n) is 3.22. The van der Waals surface area contributed by atoms with Crippen molar-refractivity contribution < 1.29 is 9.59 Å². The molecular weight excluding hydrogens is 387 g/mol. The van der Waals surface area contributed by atoms with Crippen molar-refractivity contribution in [3.63, 3.8) is 0 Å². The van der Waals surface area contributed by atoms with Gasteiger partial charge in [0, 0.05) is 19.9 Å². The van der Waals surface area contributed by atoms with E-state index in [1.165, 1.54) is 17.8 Å². The molecule has 0 fully saturated rings. The highest BCUT2D eigenvalue weighted by Crippen LogP contribution is 2.26. The van der Waals surface area contributed by atoms with Crippen LogP contribution in [0.5, 0.6) is 0 Å². The van der Waals surface area contributed by atoms with Gasteiger partial charge in [0.15, 0.2) is 11.0 Å². The van der Waals surface area contributed by atoms with E-state index in [2.05, 4.69) is 20.5 Å². The monoisotopic (exact) mass is 402 g/mol. The lowest BCUT2D eigenvalue weighted by atomic mass is 10.3. The maximum absolute atomic E-state index is 12.1. The molecule has 0 aliphatic carbocycles. The number of carbonyl (C=O) groups is 2. The fourth-order valence-electron chi connectivity index (χ4n) is 1.87. The zero-order valence-electron chi connectivity index (χ0n) is 13.5. The van der Waals surface area contributed by atoms with E-state index in [0.29, 0.717) is 28.1 Å². The quantitative estimate of drug-likeness (QED) is 0.683. The number of anilines is 1. The van der Waals surface area contributed by atoms with Gasteiger partial charge in [0.05, 0.1) is 21.5 Å². The summed E-state index contributed by atoms with van der Waals surface area (Å²) in [6.45, 7) is 1.72. The van der Waals surface area contributed by atoms with Crippen molar-refractivity contribution in [1.82, 2.24) is 19.7 Å². The van der Waals surface area contributed by atoms with Crippen LogP contribution < -0.4 is 11.1 Å². The van der Waals surface area contributed by atoms with Crippen molar-refractivity contribution in [1.29, 1.82) is 0 Å². The number of nitrogens with one attached hydrogen (secondary N) is 1. The van der Waals surface area contributed by atoms with Crippen LogP contribution in [0.3, 0.4) is 0 Å². The minimum absolute atomic E-state index is 0.0987. The third kappa shape index (κ3) is 5.32. The highest BCUT2D eigenvalue weighted by Gasteiger charge is 2.14. The Bertz CT molecular complexity index is 811. The second-order valence-corrected chi connectivity index (χ2v) is 6.90. The molecule has 0 atom stereocenters. The van der Waals surface area contributed by atoms with Crippen LogP contribution in [0.4, 0.5) is 5.82 Å². The predicted octanol–water partition coefficient (Wildman–Crippen LogP) is 1.97. The Kier molecular flexibility index (Phi) is 6.63. The lowest BCUT2D eigenvalue weighted by Gasteiger charge is -2.08. The number of aryl methyl sites for hydroxylation is 2. The first-order valence-corrected chi connectivity index (χ1v) is 8.94. The first-order chi connectivity index (χ1) is 11.8. The van der Waals surface area contributed by atoms with Gasteiger partial charge in [-0.3, -0.25) is 9.59 Å². The van der Waals surface area contributed by atoms with E-state index < -0.39 is 5.91 Å². The number of pyridine rings is 1. The van der Waals surface area contributed by atoms with Gasteiger partial charge in [-0.25, -0.2) is 4.98 Å². The fourth-order valence-corrected chi connectivity index (χ4v) is 3.00. The lowest BCUT2D eigenvalue weighted by Crippen LogP contribution is -2.16. The van der Waals surface area contributed by atoms with Crippen LogP contribution in [0.2, 0.25) is 10.0 Å². The second kappa shape index (κ2) is 8.50. The summed E-state index contributed by atoms with van der Waals surface area (Å²) in [6.07, 6.45) is 0.590. The summed E-state index contributed by atoms with van der Waals surface area (Å²) >= 11 is 13.1. The van der Waals surface area contributed by atoms with Crippen LogP contribution in [0, 0.1) is 6.92 Å². The summed E-state index contributed by atoms with van der Waals surface area (Å²) in [5, 5.41) is 11.9. The molecule has 0 unspecified atom stereocenters. The highest BCUT2D eigenvalue weighted by molar-refractivity contribution is 7.99. The van der Waals surface area contributed by atoms with Gasteiger partial charge in [-0.2, -0.15) is 0 Å². The Morgan fingerprint density at radius 2 is 2.04 bits per heavy atom. The number of carbonyl (C=O) groups excluding carboxylic acids is 2. The normalized spacial score (nSPS) is 10.7. The van der Waals surface area contributed by atoms with Crippen LogP contribution in [-0.4, -0.2) is 37.3 Å². The largest absolute Gasteiger partial charge is 0.370 e. The second-order valence-electron chi connectivity index (χ2n) is 5.15. The average Bonchev–Trinajstić information content (AvgIpc) is 2.89. The van der Waals surface area contributed by atoms with Crippen molar-refractivity contribution >= 4 is 52.6 Å². The number of primary amides is 1. The fraction of sp³-hybridized carbons (Fsp3) is 0.357. The summed E-state index contributed by atoms with van der Waals surface area (Å²) in [6, 6.07) is 1.53. The molecule has 8 nitrogen and oxygen atoms in total. The Hall–Kier alpha value is -1.84. The molecular formula is C14H16Cl2N6O2S. The molecule has 0 saturated heterocycles. The minimum Gasteiger partial charge on any atom is -0.370 e. The molecule has 11 heteroatoms. The van der Waals surface area contributed by atoms with Gasteiger partial charge in [0.2, 0.25) is 11.8 Å². The van der Waals surface area contributed by atoms with Gasteiger partial charge in [0.1, 0.15) is 5.82 Å². The zero-order chi connectivity index (χ0) is 18.6. The molecule has 0 saturated carbocycles. The van der Waals surface area contributed by atoms with Crippen LogP contribution in [0.25, 0.3) is 0 Å².